The fraction of sp³-hybridized carbons (Fsp3) is 0. The molecule has 0 fully saturated rings. The van der Waals surface area contributed by atoms with Crippen molar-refractivity contribution in [2.24, 2.45) is 10.2 Å². The average Bonchev–Trinajstić information content (AvgIpc) is 2.71. The van der Waals surface area contributed by atoms with Crippen molar-refractivity contribution < 1.29 is 31.0 Å². The number of nitrogens with zero attached hydrogens (tertiary/aromatic N) is 2. The van der Waals surface area contributed by atoms with Gasteiger partial charge in [0.15, 0.2) is 5.75 Å². The van der Waals surface area contributed by atoms with Gasteiger partial charge in [-0.05, 0) is 53.2 Å². The molecule has 0 aliphatic heterocycles. The lowest BCUT2D eigenvalue weighted by molar-refractivity contribution is 0.472. The van der Waals surface area contributed by atoms with Crippen LogP contribution >= 0.6 is 0 Å². The first-order valence-electron chi connectivity index (χ1n) is 8.90. The molecule has 0 aliphatic carbocycles. The molecule has 5 N–H and O–H groups in total. The molecule has 4 aromatic carbocycles. The Balaban J connectivity index is 1.91. The predicted molar refractivity (Wildman–Crippen MR) is 118 cm³/mol. The highest BCUT2D eigenvalue weighted by atomic mass is 32.2. The van der Waals surface area contributed by atoms with Crippen LogP contribution in [0.4, 0.5) is 17.1 Å². The number of nitrogens with two attached hydrogens (primary N) is 1. The first kappa shape index (κ1) is 21.6. The molecule has 0 heterocycles. The lowest BCUT2D eigenvalue weighted by atomic mass is 10.1. The summed E-state index contributed by atoms with van der Waals surface area (Å²) in [6.07, 6.45) is 0. The standard InChI is InChI=1S/C20H15N3O7S2/c21-17-3-1-2-11-4-5-13(10-16(11)17)22-23-19-18(32(28,29)30)9-12-8-14(31(25,26)27)6-7-15(12)20(19)24/h1-10,24H,21H2,(H,25,26,27)(H,28,29,30). The summed E-state index contributed by atoms with van der Waals surface area (Å²) in [7, 11) is -9.47. The largest absolute Gasteiger partial charge is 0.505 e. The number of nitrogen functional groups attached to an aromatic ring is 1. The van der Waals surface area contributed by atoms with Crippen LogP contribution in [-0.2, 0) is 20.2 Å². The van der Waals surface area contributed by atoms with E-state index in [1.165, 1.54) is 0 Å². The van der Waals surface area contributed by atoms with Crippen LogP contribution in [0, 0.1) is 0 Å². The number of fused-ring (bicyclic) bond motifs is 2. The highest BCUT2D eigenvalue weighted by Gasteiger charge is 2.23. The molecule has 0 saturated heterocycles. The van der Waals surface area contributed by atoms with Crippen molar-refractivity contribution in [1.29, 1.82) is 0 Å². The van der Waals surface area contributed by atoms with E-state index in [1.54, 1.807) is 30.3 Å². The molecule has 0 atom stereocenters. The van der Waals surface area contributed by atoms with Crippen molar-refractivity contribution in [2.75, 3.05) is 5.73 Å². The van der Waals surface area contributed by atoms with E-state index in [2.05, 4.69) is 10.2 Å². The Morgan fingerprint density at radius 2 is 1.50 bits per heavy atom. The first-order chi connectivity index (χ1) is 14.9. The number of aromatic hydroxyl groups is 1. The molecule has 0 bridgehead atoms. The summed E-state index contributed by atoms with van der Waals surface area (Å²) in [6.45, 7) is 0. The zero-order valence-electron chi connectivity index (χ0n) is 16.0. The molecule has 4 rings (SSSR count). The van der Waals surface area contributed by atoms with E-state index < -0.39 is 41.5 Å². The number of hydrogen-bond donors (Lipinski definition) is 4. The number of phenols is 1. The Morgan fingerprint density at radius 3 is 2.19 bits per heavy atom. The summed E-state index contributed by atoms with van der Waals surface area (Å²) < 4.78 is 65.4. The van der Waals surface area contributed by atoms with E-state index in [0.717, 1.165) is 29.7 Å². The lowest BCUT2D eigenvalue weighted by Gasteiger charge is -2.09. The summed E-state index contributed by atoms with van der Waals surface area (Å²) in [6, 6.07) is 14.4. The fourth-order valence-electron chi connectivity index (χ4n) is 3.24. The smallest absolute Gasteiger partial charge is 0.296 e. The average molecular weight is 473 g/mol. The van der Waals surface area contributed by atoms with Crippen LogP contribution in [0.1, 0.15) is 0 Å². The van der Waals surface area contributed by atoms with Gasteiger partial charge in [-0.25, -0.2) is 0 Å². The number of azo groups is 1. The lowest BCUT2D eigenvalue weighted by Crippen LogP contribution is -2.00. The zero-order valence-corrected chi connectivity index (χ0v) is 17.7. The van der Waals surface area contributed by atoms with Crippen LogP contribution in [0.3, 0.4) is 0 Å². The van der Waals surface area contributed by atoms with E-state index in [-0.39, 0.29) is 10.8 Å². The molecule has 0 unspecified atom stereocenters. The molecule has 0 spiro atoms. The van der Waals surface area contributed by atoms with E-state index in [0.29, 0.717) is 16.8 Å². The van der Waals surface area contributed by atoms with Gasteiger partial charge in [0.05, 0.1) is 10.6 Å². The maximum absolute atomic E-state index is 11.9. The van der Waals surface area contributed by atoms with Crippen molar-refractivity contribution in [2.45, 2.75) is 9.79 Å². The van der Waals surface area contributed by atoms with Gasteiger partial charge in [0, 0.05) is 16.5 Å². The van der Waals surface area contributed by atoms with Gasteiger partial charge in [-0.2, -0.15) is 21.9 Å². The molecular formula is C20H15N3O7S2. The van der Waals surface area contributed by atoms with Crippen LogP contribution in [-0.4, -0.2) is 31.0 Å². The Labute approximate surface area is 182 Å². The molecule has 10 nitrogen and oxygen atoms in total. The topological polar surface area (TPSA) is 180 Å². The summed E-state index contributed by atoms with van der Waals surface area (Å²) in [4.78, 5) is -1.31. The third kappa shape index (κ3) is 3.99. The third-order valence-corrected chi connectivity index (χ3v) is 6.48. The summed E-state index contributed by atoms with van der Waals surface area (Å²) in [5.74, 6) is -0.652. The van der Waals surface area contributed by atoms with Gasteiger partial charge in [-0.1, -0.05) is 18.2 Å². The number of anilines is 1. The Kier molecular flexibility index (Phi) is 5.09. The van der Waals surface area contributed by atoms with E-state index in [9.17, 15) is 31.0 Å². The monoisotopic (exact) mass is 473 g/mol. The Bertz CT molecular complexity index is 1650. The predicted octanol–water partition coefficient (Wildman–Crippen LogP) is 4.19. The molecule has 12 heteroatoms. The van der Waals surface area contributed by atoms with Crippen LogP contribution in [0.25, 0.3) is 21.5 Å². The van der Waals surface area contributed by atoms with Crippen LogP contribution < -0.4 is 5.73 Å². The molecule has 0 saturated carbocycles. The van der Waals surface area contributed by atoms with Gasteiger partial charge in [-0.3, -0.25) is 9.11 Å². The number of benzene rings is 4. The molecule has 0 amide bonds. The van der Waals surface area contributed by atoms with Crippen molar-refractivity contribution in [3.8, 4) is 5.75 Å². The quantitative estimate of drug-likeness (QED) is 0.193. The van der Waals surface area contributed by atoms with Gasteiger partial charge in [0.1, 0.15) is 10.6 Å². The van der Waals surface area contributed by atoms with E-state index in [1.807, 2.05) is 6.07 Å². The highest BCUT2D eigenvalue weighted by molar-refractivity contribution is 7.86. The second-order valence-corrected chi connectivity index (χ2v) is 9.67. The first-order valence-corrected chi connectivity index (χ1v) is 11.8. The van der Waals surface area contributed by atoms with Gasteiger partial charge in [-0.15, -0.1) is 5.11 Å². The highest BCUT2D eigenvalue weighted by Crippen LogP contribution is 2.42. The number of rotatable bonds is 4. The molecule has 32 heavy (non-hydrogen) atoms. The minimum Gasteiger partial charge on any atom is -0.505 e. The maximum Gasteiger partial charge on any atom is 0.296 e. The SMILES string of the molecule is Nc1cccc2ccc(N=Nc3c(S(=O)(=O)O)cc4cc(S(=O)(=O)O)ccc4c3O)cc12. The molecular weight excluding hydrogens is 458 g/mol. The molecule has 0 aliphatic rings. The summed E-state index contributed by atoms with van der Waals surface area (Å²) in [5, 5.41) is 19.9. The number of hydrogen-bond acceptors (Lipinski definition) is 8. The Hall–Kier alpha value is -3.58. The Morgan fingerprint density at radius 1 is 0.750 bits per heavy atom. The summed E-state index contributed by atoms with van der Waals surface area (Å²) >= 11 is 0. The van der Waals surface area contributed by atoms with E-state index in [4.69, 9.17) is 5.73 Å². The maximum atomic E-state index is 11.9. The molecule has 4 aromatic rings. The van der Waals surface area contributed by atoms with Crippen molar-refractivity contribution in [3.05, 3.63) is 60.7 Å². The van der Waals surface area contributed by atoms with Crippen molar-refractivity contribution >= 4 is 58.8 Å². The normalized spacial score (nSPS) is 12.7. The second-order valence-electron chi connectivity index (χ2n) is 6.86. The third-order valence-electron chi connectivity index (χ3n) is 4.76. The van der Waals surface area contributed by atoms with Gasteiger partial charge in [0.2, 0.25) is 0 Å². The van der Waals surface area contributed by atoms with Gasteiger partial charge in [0.25, 0.3) is 20.2 Å². The second kappa shape index (κ2) is 7.53. The zero-order chi connectivity index (χ0) is 23.3. The van der Waals surface area contributed by atoms with Gasteiger partial charge < -0.3 is 10.8 Å². The van der Waals surface area contributed by atoms with Crippen molar-refractivity contribution in [3.63, 3.8) is 0 Å². The summed E-state index contributed by atoms with van der Waals surface area (Å²) in [5.41, 5.74) is 6.22. The van der Waals surface area contributed by atoms with Gasteiger partial charge >= 0.3 is 0 Å². The van der Waals surface area contributed by atoms with Crippen LogP contribution in [0.15, 0.2) is 80.7 Å². The molecule has 0 radical (unpaired) electrons. The fourth-order valence-corrected chi connectivity index (χ4v) is 4.41. The minimum absolute atomic E-state index is 0.0292. The molecule has 0 aromatic heterocycles. The molecule has 164 valence electrons. The minimum atomic E-state index is -4.89. The van der Waals surface area contributed by atoms with Crippen LogP contribution in [0.2, 0.25) is 0 Å². The van der Waals surface area contributed by atoms with Crippen LogP contribution in [0.5, 0.6) is 5.75 Å². The van der Waals surface area contributed by atoms with E-state index >= 15 is 0 Å². The van der Waals surface area contributed by atoms with Crippen molar-refractivity contribution in [1.82, 2.24) is 0 Å². The number of phenolic OH excluding ortho intramolecular Hbond substituents is 1.